The van der Waals surface area contributed by atoms with E-state index in [0.717, 1.165) is 25.5 Å². The molecular formula is C15H21N3O4S. The Morgan fingerprint density at radius 2 is 1.87 bits per heavy atom. The Hall–Kier alpha value is -1.67. The Balaban J connectivity index is 1.99. The summed E-state index contributed by atoms with van der Waals surface area (Å²) in [7, 11) is -3.95. The van der Waals surface area contributed by atoms with Gasteiger partial charge in [-0.1, -0.05) is 12.8 Å². The lowest BCUT2D eigenvalue weighted by Crippen LogP contribution is -2.35. The summed E-state index contributed by atoms with van der Waals surface area (Å²) in [6.45, 7) is 0.775. The number of nitrogens with zero attached hydrogens (tertiary/aromatic N) is 2. The average molecular weight is 339 g/mol. The van der Waals surface area contributed by atoms with Crippen molar-refractivity contribution in [3.05, 3.63) is 28.3 Å². The van der Waals surface area contributed by atoms with Crippen LogP contribution in [0.15, 0.2) is 23.1 Å². The SMILES string of the molecule is NS(=O)(=O)c1ccc(N2CCC[C@@H]2C2CCCC2)c([N+](=O)[O-])c1. The molecule has 0 spiro atoms. The Labute approximate surface area is 135 Å². The summed E-state index contributed by atoms with van der Waals surface area (Å²) in [6.07, 6.45) is 6.84. The summed E-state index contributed by atoms with van der Waals surface area (Å²) in [5, 5.41) is 16.5. The normalized spacial score (nSPS) is 22.7. The van der Waals surface area contributed by atoms with Crippen molar-refractivity contribution in [1.82, 2.24) is 0 Å². The Morgan fingerprint density at radius 3 is 2.48 bits per heavy atom. The van der Waals surface area contributed by atoms with Gasteiger partial charge >= 0.3 is 0 Å². The highest BCUT2D eigenvalue weighted by atomic mass is 32.2. The molecule has 0 aromatic heterocycles. The molecule has 126 valence electrons. The zero-order valence-electron chi connectivity index (χ0n) is 12.8. The molecule has 23 heavy (non-hydrogen) atoms. The van der Waals surface area contributed by atoms with Crippen molar-refractivity contribution >= 4 is 21.4 Å². The summed E-state index contributed by atoms with van der Waals surface area (Å²) < 4.78 is 22.9. The number of nitro benzene ring substituents is 1. The molecule has 1 aliphatic carbocycles. The van der Waals surface area contributed by atoms with Gasteiger partial charge in [0.05, 0.1) is 9.82 Å². The third-order valence-electron chi connectivity index (χ3n) is 5.02. The lowest BCUT2D eigenvalue weighted by atomic mass is 9.95. The smallest absolute Gasteiger partial charge is 0.293 e. The number of benzene rings is 1. The van der Waals surface area contributed by atoms with E-state index in [1.165, 1.54) is 37.8 Å². The topological polar surface area (TPSA) is 107 Å². The van der Waals surface area contributed by atoms with Crippen LogP contribution in [0.4, 0.5) is 11.4 Å². The van der Waals surface area contributed by atoms with Gasteiger partial charge in [0.15, 0.2) is 0 Å². The third-order valence-corrected chi connectivity index (χ3v) is 5.94. The Bertz CT molecular complexity index is 713. The molecular weight excluding hydrogens is 318 g/mol. The Morgan fingerprint density at radius 1 is 1.17 bits per heavy atom. The molecule has 8 heteroatoms. The molecule has 0 unspecified atom stereocenters. The zero-order valence-corrected chi connectivity index (χ0v) is 13.7. The van der Waals surface area contributed by atoms with Crippen LogP contribution < -0.4 is 10.0 Å². The second kappa shape index (κ2) is 6.09. The molecule has 2 N–H and O–H groups in total. The number of primary sulfonamides is 1. The molecule has 1 heterocycles. The minimum absolute atomic E-state index is 0.179. The fraction of sp³-hybridized carbons (Fsp3) is 0.600. The average Bonchev–Trinajstić information content (AvgIpc) is 3.16. The number of anilines is 1. The predicted molar refractivity (Wildman–Crippen MR) is 86.8 cm³/mol. The van der Waals surface area contributed by atoms with Crippen LogP contribution in [-0.4, -0.2) is 25.9 Å². The van der Waals surface area contributed by atoms with Crippen LogP contribution in [0.3, 0.4) is 0 Å². The lowest BCUT2D eigenvalue weighted by molar-refractivity contribution is -0.384. The van der Waals surface area contributed by atoms with Crippen LogP contribution in [-0.2, 0) is 10.0 Å². The van der Waals surface area contributed by atoms with Crippen molar-refractivity contribution in [2.75, 3.05) is 11.4 Å². The lowest BCUT2D eigenvalue weighted by Gasteiger charge is -2.31. The molecule has 1 aromatic carbocycles. The van der Waals surface area contributed by atoms with E-state index in [1.54, 1.807) is 0 Å². The minimum atomic E-state index is -3.95. The van der Waals surface area contributed by atoms with Crippen molar-refractivity contribution < 1.29 is 13.3 Å². The first-order valence-corrected chi connectivity index (χ1v) is 9.50. The first kappa shape index (κ1) is 16.2. The second-order valence-corrected chi connectivity index (χ2v) is 7.96. The van der Waals surface area contributed by atoms with Crippen molar-refractivity contribution in [3.63, 3.8) is 0 Å². The molecule has 0 radical (unpaired) electrons. The molecule has 1 saturated carbocycles. The highest BCUT2D eigenvalue weighted by Gasteiger charge is 2.36. The fourth-order valence-electron chi connectivity index (χ4n) is 3.99. The second-order valence-electron chi connectivity index (χ2n) is 6.40. The van der Waals surface area contributed by atoms with Gasteiger partial charge in [-0.25, -0.2) is 13.6 Å². The van der Waals surface area contributed by atoms with Crippen LogP contribution >= 0.6 is 0 Å². The summed E-state index contributed by atoms with van der Waals surface area (Å²) in [5.74, 6) is 0.579. The number of sulfonamides is 1. The van der Waals surface area contributed by atoms with Gasteiger partial charge in [0.25, 0.3) is 5.69 Å². The molecule has 3 rings (SSSR count). The van der Waals surface area contributed by atoms with E-state index in [1.807, 2.05) is 0 Å². The van der Waals surface area contributed by atoms with E-state index in [-0.39, 0.29) is 10.6 Å². The van der Waals surface area contributed by atoms with Crippen LogP contribution in [0.25, 0.3) is 0 Å². The van der Waals surface area contributed by atoms with Crippen LogP contribution in [0.2, 0.25) is 0 Å². The number of hydrogen-bond donors (Lipinski definition) is 1. The highest BCUT2D eigenvalue weighted by Crippen LogP contribution is 2.41. The third kappa shape index (κ3) is 3.18. The molecule has 2 aliphatic rings. The molecule has 1 aliphatic heterocycles. The van der Waals surface area contributed by atoms with Gasteiger partial charge in [-0.3, -0.25) is 10.1 Å². The van der Waals surface area contributed by atoms with Gasteiger partial charge in [-0.05, 0) is 43.7 Å². The summed E-state index contributed by atoms with van der Waals surface area (Å²) in [4.78, 5) is 12.8. The van der Waals surface area contributed by atoms with E-state index < -0.39 is 14.9 Å². The van der Waals surface area contributed by atoms with E-state index in [4.69, 9.17) is 5.14 Å². The molecule has 2 fully saturated rings. The molecule has 1 atom stereocenters. The molecule has 7 nitrogen and oxygen atoms in total. The predicted octanol–water partition coefficient (Wildman–Crippen LogP) is 2.40. The maximum Gasteiger partial charge on any atom is 0.293 e. The van der Waals surface area contributed by atoms with Gasteiger partial charge in [0.1, 0.15) is 5.69 Å². The standard InChI is InChI=1S/C15H21N3O4S/c16-23(21,22)12-7-8-14(15(10-12)18(19)20)17-9-3-6-13(17)11-4-1-2-5-11/h7-8,10-11,13H,1-6,9H2,(H2,16,21,22)/t13-/m1/s1. The summed E-state index contributed by atoms with van der Waals surface area (Å²) in [6, 6.07) is 4.29. The summed E-state index contributed by atoms with van der Waals surface area (Å²) >= 11 is 0. The Kier molecular flexibility index (Phi) is 4.29. The molecule has 1 aromatic rings. The quantitative estimate of drug-likeness (QED) is 0.669. The monoisotopic (exact) mass is 339 g/mol. The largest absolute Gasteiger partial charge is 0.363 e. The maximum absolute atomic E-state index is 11.5. The maximum atomic E-state index is 11.5. The van der Waals surface area contributed by atoms with Crippen molar-refractivity contribution in [2.45, 2.75) is 49.5 Å². The highest BCUT2D eigenvalue weighted by molar-refractivity contribution is 7.89. The van der Waals surface area contributed by atoms with Crippen LogP contribution in [0.5, 0.6) is 0 Å². The molecule has 0 bridgehead atoms. The van der Waals surface area contributed by atoms with Gasteiger partial charge in [0.2, 0.25) is 10.0 Å². The van der Waals surface area contributed by atoms with Crippen molar-refractivity contribution in [3.8, 4) is 0 Å². The van der Waals surface area contributed by atoms with Gasteiger partial charge in [-0.15, -0.1) is 0 Å². The molecule has 1 saturated heterocycles. The van der Waals surface area contributed by atoms with Crippen LogP contribution in [0, 0.1) is 16.0 Å². The van der Waals surface area contributed by atoms with Crippen molar-refractivity contribution in [1.29, 1.82) is 0 Å². The van der Waals surface area contributed by atoms with Crippen molar-refractivity contribution in [2.24, 2.45) is 11.1 Å². The van der Waals surface area contributed by atoms with Gasteiger partial charge in [0, 0.05) is 18.7 Å². The van der Waals surface area contributed by atoms with E-state index in [9.17, 15) is 18.5 Å². The molecule has 0 amide bonds. The van der Waals surface area contributed by atoms with E-state index >= 15 is 0 Å². The number of rotatable bonds is 4. The summed E-state index contributed by atoms with van der Waals surface area (Å²) in [5.41, 5.74) is 0.332. The minimum Gasteiger partial charge on any atom is -0.363 e. The first-order valence-electron chi connectivity index (χ1n) is 7.96. The fourth-order valence-corrected chi connectivity index (χ4v) is 4.53. The van der Waals surface area contributed by atoms with E-state index in [0.29, 0.717) is 17.6 Å². The van der Waals surface area contributed by atoms with Crippen LogP contribution in [0.1, 0.15) is 38.5 Å². The zero-order chi connectivity index (χ0) is 16.6. The number of nitrogens with two attached hydrogens (primary N) is 1. The van der Waals surface area contributed by atoms with E-state index in [2.05, 4.69) is 4.90 Å². The number of hydrogen-bond acceptors (Lipinski definition) is 5. The van der Waals surface area contributed by atoms with Gasteiger partial charge < -0.3 is 4.90 Å². The first-order chi connectivity index (χ1) is 10.9. The van der Waals surface area contributed by atoms with Gasteiger partial charge in [-0.2, -0.15) is 0 Å². The number of nitro groups is 1.